The molecule has 0 aliphatic carbocycles. The Morgan fingerprint density at radius 2 is 1.81 bits per heavy atom. The SMILES string of the molecule is CCCNC(c1ccc(Cl)c(F)c1)c1cc(F)ccc1F. The smallest absolute Gasteiger partial charge is 0.142 e. The van der Waals surface area contributed by atoms with Gasteiger partial charge in [0, 0.05) is 5.56 Å². The predicted octanol–water partition coefficient (Wildman–Crippen LogP) is 4.85. The van der Waals surface area contributed by atoms with Gasteiger partial charge < -0.3 is 5.32 Å². The first kappa shape index (κ1) is 15.9. The fourth-order valence-corrected chi connectivity index (χ4v) is 2.24. The van der Waals surface area contributed by atoms with Crippen LogP contribution in [0.3, 0.4) is 0 Å². The molecule has 0 aliphatic heterocycles. The summed E-state index contributed by atoms with van der Waals surface area (Å²) < 4.78 is 41.0. The van der Waals surface area contributed by atoms with Crippen molar-refractivity contribution >= 4 is 11.6 Å². The quantitative estimate of drug-likeness (QED) is 0.832. The Labute approximate surface area is 126 Å². The monoisotopic (exact) mass is 313 g/mol. The van der Waals surface area contributed by atoms with Gasteiger partial charge in [-0.05, 0) is 48.9 Å². The van der Waals surface area contributed by atoms with Crippen LogP contribution in [0, 0.1) is 17.5 Å². The second kappa shape index (κ2) is 6.96. The summed E-state index contributed by atoms with van der Waals surface area (Å²) in [5.74, 6) is -1.67. The molecule has 1 nitrogen and oxygen atoms in total. The van der Waals surface area contributed by atoms with E-state index in [9.17, 15) is 13.2 Å². The summed E-state index contributed by atoms with van der Waals surface area (Å²) in [5.41, 5.74) is 0.639. The highest BCUT2D eigenvalue weighted by Gasteiger charge is 2.19. The summed E-state index contributed by atoms with van der Waals surface area (Å²) in [6.45, 7) is 2.54. The molecule has 1 unspecified atom stereocenters. The minimum absolute atomic E-state index is 0.00675. The molecule has 1 atom stereocenters. The van der Waals surface area contributed by atoms with E-state index < -0.39 is 23.5 Å². The van der Waals surface area contributed by atoms with Crippen molar-refractivity contribution in [2.75, 3.05) is 6.54 Å². The molecule has 0 bridgehead atoms. The van der Waals surface area contributed by atoms with Crippen molar-refractivity contribution in [3.05, 3.63) is 70.0 Å². The van der Waals surface area contributed by atoms with Gasteiger partial charge in [0.05, 0.1) is 11.1 Å². The number of halogens is 4. The summed E-state index contributed by atoms with van der Waals surface area (Å²) in [7, 11) is 0. The van der Waals surface area contributed by atoms with Gasteiger partial charge in [0.2, 0.25) is 0 Å². The highest BCUT2D eigenvalue weighted by atomic mass is 35.5. The van der Waals surface area contributed by atoms with E-state index in [-0.39, 0.29) is 10.6 Å². The van der Waals surface area contributed by atoms with Crippen LogP contribution in [0.2, 0.25) is 5.02 Å². The Morgan fingerprint density at radius 1 is 1.05 bits per heavy atom. The predicted molar refractivity (Wildman–Crippen MR) is 77.9 cm³/mol. The Balaban J connectivity index is 2.46. The van der Waals surface area contributed by atoms with Gasteiger partial charge in [-0.25, -0.2) is 13.2 Å². The van der Waals surface area contributed by atoms with E-state index in [2.05, 4.69) is 5.32 Å². The molecule has 112 valence electrons. The number of hydrogen-bond donors (Lipinski definition) is 1. The van der Waals surface area contributed by atoms with E-state index in [1.54, 1.807) is 6.07 Å². The maximum Gasteiger partial charge on any atom is 0.142 e. The van der Waals surface area contributed by atoms with Crippen molar-refractivity contribution in [3.63, 3.8) is 0 Å². The van der Waals surface area contributed by atoms with Crippen LogP contribution >= 0.6 is 11.6 Å². The lowest BCUT2D eigenvalue weighted by Crippen LogP contribution is -2.24. The topological polar surface area (TPSA) is 12.0 Å². The Hall–Kier alpha value is -1.52. The zero-order valence-corrected chi connectivity index (χ0v) is 12.2. The minimum atomic E-state index is -0.632. The molecule has 0 saturated heterocycles. The second-order valence-corrected chi connectivity index (χ2v) is 5.13. The zero-order valence-electron chi connectivity index (χ0n) is 11.5. The van der Waals surface area contributed by atoms with Gasteiger partial charge in [-0.3, -0.25) is 0 Å². The third kappa shape index (κ3) is 3.77. The van der Waals surface area contributed by atoms with Gasteiger partial charge in [0.15, 0.2) is 0 Å². The van der Waals surface area contributed by atoms with Crippen LogP contribution in [0.4, 0.5) is 13.2 Å². The van der Waals surface area contributed by atoms with Gasteiger partial charge in [-0.2, -0.15) is 0 Å². The van der Waals surface area contributed by atoms with Crippen LogP contribution < -0.4 is 5.32 Å². The normalized spacial score (nSPS) is 12.4. The van der Waals surface area contributed by atoms with E-state index in [1.807, 2.05) is 6.92 Å². The number of nitrogens with one attached hydrogen (secondary N) is 1. The van der Waals surface area contributed by atoms with Gasteiger partial charge in [0.1, 0.15) is 17.5 Å². The lowest BCUT2D eigenvalue weighted by Gasteiger charge is -2.20. The van der Waals surface area contributed by atoms with Crippen LogP contribution in [0.25, 0.3) is 0 Å². The van der Waals surface area contributed by atoms with Crippen molar-refractivity contribution < 1.29 is 13.2 Å². The van der Waals surface area contributed by atoms with E-state index in [4.69, 9.17) is 11.6 Å². The van der Waals surface area contributed by atoms with Crippen LogP contribution in [-0.2, 0) is 0 Å². The molecule has 0 heterocycles. The summed E-state index contributed by atoms with van der Waals surface area (Å²) in [6.07, 6.45) is 0.809. The highest BCUT2D eigenvalue weighted by Crippen LogP contribution is 2.27. The van der Waals surface area contributed by atoms with Crippen LogP contribution in [0.5, 0.6) is 0 Å². The molecule has 2 aromatic carbocycles. The molecule has 0 amide bonds. The molecular formula is C16H15ClF3N. The van der Waals surface area contributed by atoms with Crippen molar-refractivity contribution in [1.29, 1.82) is 0 Å². The Bertz CT molecular complexity index is 631. The molecule has 21 heavy (non-hydrogen) atoms. The van der Waals surface area contributed by atoms with Crippen LogP contribution in [0.1, 0.15) is 30.5 Å². The molecule has 0 aliphatic rings. The number of rotatable bonds is 5. The molecule has 0 radical (unpaired) electrons. The van der Waals surface area contributed by atoms with Gasteiger partial charge in [-0.1, -0.05) is 24.6 Å². The third-order valence-electron chi connectivity index (χ3n) is 3.14. The molecule has 0 fully saturated rings. The Kier molecular flexibility index (Phi) is 5.26. The molecule has 5 heteroatoms. The van der Waals surface area contributed by atoms with Crippen molar-refractivity contribution in [2.45, 2.75) is 19.4 Å². The third-order valence-corrected chi connectivity index (χ3v) is 3.45. The number of benzene rings is 2. The minimum Gasteiger partial charge on any atom is -0.306 e. The summed E-state index contributed by atoms with van der Waals surface area (Å²) >= 11 is 5.66. The van der Waals surface area contributed by atoms with Gasteiger partial charge >= 0.3 is 0 Å². The maximum absolute atomic E-state index is 14.0. The van der Waals surface area contributed by atoms with E-state index >= 15 is 0 Å². The maximum atomic E-state index is 14.0. The molecule has 1 N–H and O–H groups in total. The summed E-state index contributed by atoms with van der Waals surface area (Å²) in [6, 6.07) is 6.85. The molecule has 0 saturated carbocycles. The average molecular weight is 314 g/mol. The van der Waals surface area contributed by atoms with Crippen LogP contribution in [-0.4, -0.2) is 6.54 Å². The Morgan fingerprint density at radius 3 is 2.48 bits per heavy atom. The van der Waals surface area contributed by atoms with Crippen molar-refractivity contribution in [1.82, 2.24) is 5.32 Å². The molecule has 0 aromatic heterocycles. The van der Waals surface area contributed by atoms with Crippen molar-refractivity contribution in [2.24, 2.45) is 0 Å². The summed E-state index contributed by atoms with van der Waals surface area (Å²) in [5, 5.41) is 3.09. The summed E-state index contributed by atoms with van der Waals surface area (Å²) in [4.78, 5) is 0. The largest absolute Gasteiger partial charge is 0.306 e. The van der Waals surface area contributed by atoms with Crippen molar-refractivity contribution in [3.8, 4) is 0 Å². The first-order valence-corrected chi connectivity index (χ1v) is 7.04. The lowest BCUT2D eigenvalue weighted by molar-refractivity contribution is 0.532. The second-order valence-electron chi connectivity index (χ2n) is 4.73. The van der Waals surface area contributed by atoms with Crippen LogP contribution in [0.15, 0.2) is 36.4 Å². The van der Waals surface area contributed by atoms with E-state index in [1.165, 1.54) is 12.1 Å². The molecule has 0 spiro atoms. The first-order valence-electron chi connectivity index (χ1n) is 6.66. The van der Waals surface area contributed by atoms with E-state index in [0.29, 0.717) is 12.1 Å². The zero-order chi connectivity index (χ0) is 15.4. The average Bonchev–Trinajstić information content (AvgIpc) is 2.46. The molecule has 2 rings (SSSR count). The lowest BCUT2D eigenvalue weighted by atomic mass is 9.97. The van der Waals surface area contributed by atoms with Gasteiger partial charge in [-0.15, -0.1) is 0 Å². The first-order chi connectivity index (χ1) is 10.0. The number of hydrogen-bond acceptors (Lipinski definition) is 1. The van der Waals surface area contributed by atoms with E-state index in [0.717, 1.165) is 24.6 Å². The standard InChI is InChI=1S/C16H15ClF3N/c1-2-7-21-16(10-3-5-13(17)15(20)8-10)12-9-11(18)4-6-14(12)19/h3-6,8-9,16,21H,2,7H2,1H3. The fraction of sp³-hybridized carbons (Fsp3) is 0.250. The molecular weight excluding hydrogens is 299 g/mol. The highest BCUT2D eigenvalue weighted by molar-refractivity contribution is 6.30. The molecule has 2 aromatic rings. The van der Waals surface area contributed by atoms with Gasteiger partial charge in [0.25, 0.3) is 0 Å². The fourth-order valence-electron chi connectivity index (χ4n) is 2.12.